The van der Waals surface area contributed by atoms with Gasteiger partial charge < -0.3 is 49.9 Å². The molecule has 376 valence electrons. The Kier molecular flexibility index (Phi) is 16.2. The van der Waals surface area contributed by atoms with E-state index in [0.29, 0.717) is 44.8 Å². The van der Waals surface area contributed by atoms with Gasteiger partial charge >= 0.3 is 17.7 Å². The molecule has 1 aliphatic carbocycles. The molecule has 4 aliphatic heterocycles. The highest BCUT2D eigenvalue weighted by atomic mass is 16.7. The number of aliphatic imine (C=N–C) groups is 1. The number of phenolic OH excluding ortho intramolecular Hbond substituents is 1. The zero-order valence-electron chi connectivity index (χ0n) is 41.9. The molecule has 0 radical (unpaired) electrons. The second-order valence-corrected chi connectivity index (χ2v) is 20.0. The van der Waals surface area contributed by atoms with Crippen LogP contribution in [0.1, 0.15) is 120 Å². The number of carbonyl (C=O) groups is 5. The van der Waals surface area contributed by atoms with Crippen LogP contribution in [-0.2, 0) is 28.7 Å². The van der Waals surface area contributed by atoms with Gasteiger partial charge in [-0.25, -0.2) is 4.79 Å². The number of nitrogens with zero attached hydrogens (tertiary/aromatic N) is 3. The van der Waals surface area contributed by atoms with E-state index in [1.54, 1.807) is 66.0 Å². The zero-order chi connectivity index (χ0) is 50.9. The van der Waals surface area contributed by atoms with Crippen LogP contribution in [0.2, 0.25) is 0 Å². The minimum absolute atomic E-state index is 0.00616. The number of aliphatic hydroxyl groups is 2. The molecule has 0 saturated carbocycles. The Bertz CT molecular complexity index is 2380. The molecular formula is C52H71N5O12. The Morgan fingerprint density at radius 3 is 2.32 bits per heavy atom. The highest BCUT2D eigenvalue weighted by molar-refractivity contribution is 6.34. The Hall–Kier alpha value is -5.62. The monoisotopic (exact) mass is 958 g/mol. The number of hydrogen-bond acceptors (Lipinski definition) is 16. The highest BCUT2D eigenvalue weighted by Gasteiger charge is 2.54. The van der Waals surface area contributed by atoms with Gasteiger partial charge in [0.1, 0.15) is 35.4 Å². The van der Waals surface area contributed by atoms with E-state index in [4.69, 9.17) is 24.0 Å². The molecule has 17 heteroatoms. The number of Topliss-reactive ketones (excluding diaryl/α,β-unsaturated/α-hetero) is 2. The molecule has 17 nitrogen and oxygen atoms in total. The van der Waals surface area contributed by atoms with E-state index >= 15 is 0 Å². The lowest BCUT2D eigenvalue weighted by Crippen LogP contribution is -2.50. The van der Waals surface area contributed by atoms with Crippen molar-refractivity contribution in [2.45, 2.75) is 125 Å². The standard InChI is InChI=1S/C52H71N5O12/c1-13-21-56(12)69-36(59)25-35(58)67-47-30(7)34(14-2)18-24-66-51(11)49(64)39-37-38(45(62)33(10)48(39)68-51)46(63)42(41-40(37)54-52(55-41)19-22-57(23-20-52)26-27(3)4)53-50(65)29(6)17-15-16-28(5)43(60)31(8)44(61)32(47)9/h14-18,24,27-28,30-32,34,43-44,47,55,60-62H,2,13,19-23,25-26H2,1,3-12H3,(H,53,65)/b16-15+,24-18+,29-17-/t28-,30+,31+,32+,34-,43-,44+,47+,51-/m0/s1. The van der Waals surface area contributed by atoms with Crippen molar-refractivity contribution in [2.24, 2.45) is 40.5 Å². The minimum atomic E-state index is -2.01. The fraction of sp³-hybridized carbons (Fsp3) is 0.577. The number of aliphatic hydroxyl groups excluding tert-OH is 2. The van der Waals surface area contributed by atoms with Gasteiger partial charge in [0.2, 0.25) is 5.78 Å². The molecule has 5 N–H and O–H groups in total. The summed E-state index contributed by atoms with van der Waals surface area (Å²) in [6.45, 7) is 24.4. The number of amides is 1. The summed E-state index contributed by atoms with van der Waals surface area (Å²) in [6, 6.07) is 0. The normalized spacial score (nSPS) is 31.2. The van der Waals surface area contributed by atoms with Gasteiger partial charge in [-0.3, -0.25) is 24.2 Å². The number of allylic oxidation sites excluding steroid dienone is 6. The summed E-state index contributed by atoms with van der Waals surface area (Å²) < 4.78 is 18.5. The van der Waals surface area contributed by atoms with Crippen LogP contribution in [0.4, 0.5) is 0 Å². The number of ether oxygens (including phenoxy) is 3. The van der Waals surface area contributed by atoms with E-state index in [2.05, 4.69) is 36.0 Å². The summed E-state index contributed by atoms with van der Waals surface area (Å²) in [5.41, 5.74) is -0.393. The molecule has 1 aromatic rings. The Balaban J connectivity index is 1.44. The predicted molar refractivity (Wildman–Crippen MR) is 258 cm³/mol. The first-order valence-electron chi connectivity index (χ1n) is 24.1. The number of hydrogen-bond donors (Lipinski definition) is 5. The van der Waals surface area contributed by atoms with Crippen molar-refractivity contribution < 1.29 is 58.3 Å². The van der Waals surface area contributed by atoms with Crippen molar-refractivity contribution in [3.05, 3.63) is 82.4 Å². The Labute approximate surface area is 405 Å². The number of nitrogens with one attached hydrogen (secondary N) is 2. The summed E-state index contributed by atoms with van der Waals surface area (Å²) in [7, 11) is 1.58. The fourth-order valence-electron chi connectivity index (χ4n) is 10.0. The molecule has 5 aliphatic rings. The van der Waals surface area contributed by atoms with E-state index in [0.717, 1.165) is 6.54 Å². The molecular weight excluding hydrogens is 887 g/mol. The van der Waals surface area contributed by atoms with Gasteiger partial charge in [-0.1, -0.05) is 72.8 Å². The smallest absolute Gasteiger partial charge is 0.336 e. The lowest BCUT2D eigenvalue weighted by molar-refractivity contribution is -0.188. The average Bonchev–Trinajstić information content (AvgIpc) is 3.79. The first-order valence-corrected chi connectivity index (χ1v) is 24.1. The maximum absolute atomic E-state index is 14.9. The van der Waals surface area contributed by atoms with Gasteiger partial charge in [-0.05, 0) is 32.3 Å². The van der Waals surface area contributed by atoms with Crippen LogP contribution in [0.25, 0.3) is 0 Å². The number of esters is 1. The van der Waals surface area contributed by atoms with Gasteiger partial charge in [0.05, 0.1) is 41.0 Å². The molecule has 69 heavy (non-hydrogen) atoms. The molecule has 1 fully saturated rings. The third kappa shape index (κ3) is 10.8. The summed E-state index contributed by atoms with van der Waals surface area (Å²) in [4.78, 5) is 82.7. The van der Waals surface area contributed by atoms with E-state index in [1.807, 2.05) is 6.92 Å². The summed E-state index contributed by atoms with van der Waals surface area (Å²) in [6.07, 6.45) is 6.97. The average molecular weight is 958 g/mol. The number of rotatable bonds is 9. The SMILES string of the molecule is C=C[C@H]1/C=C/O[C@@]2(C)Oc3c(C)c(O)c4c(c3C2=O)C2=NC3(CCN(CC(C)C)CC3)NC2=C(NC(=O)/C(C)=C\C=C\[C@H](C)[C@H](O)[C@@H](C)[C@@H](O)[C@@H](C)[C@H](OC(=O)CC(=O)ON(C)CCC)[C@@H]1C)C4=O. The molecule has 9 atom stereocenters. The van der Waals surface area contributed by atoms with E-state index in [9.17, 15) is 39.3 Å². The van der Waals surface area contributed by atoms with Crippen molar-refractivity contribution in [3.63, 3.8) is 0 Å². The number of carbonyl (C=O) groups excluding carboxylic acids is 5. The summed E-state index contributed by atoms with van der Waals surface area (Å²) in [5, 5.41) is 42.9. The molecule has 0 aromatic heterocycles. The Morgan fingerprint density at radius 2 is 1.68 bits per heavy atom. The molecule has 5 bridgehead atoms. The largest absolute Gasteiger partial charge is 0.507 e. The van der Waals surface area contributed by atoms with Crippen LogP contribution in [0.15, 0.2) is 65.2 Å². The van der Waals surface area contributed by atoms with Crippen LogP contribution < -0.4 is 15.4 Å². The topological polar surface area (TPSA) is 226 Å². The third-order valence-corrected chi connectivity index (χ3v) is 14.1. The van der Waals surface area contributed by atoms with Gasteiger partial charge in [0.25, 0.3) is 11.7 Å². The number of hydroxylamine groups is 2. The second kappa shape index (κ2) is 21.2. The molecule has 1 amide bonds. The van der Waals surface area contributed by atoms with Crippen LogP contribution in [-0.4, -0.2) is 123 Å². The number of piperidine rings is 1. The molecule has 1 spiro atoms. The Morgan fingerprint density at radius 1 is 1.00 bits per heavy atom. The zero-order valence-corrected chi connectivity index (χ0v) is 41.9. The summed E-state index contributed by atoms with van der Waals surface area (Å²) >= 11 is 0. The van der Waals surface area contributed by atoms with Crippen molar-refractivity contribution in [3.8, 4) is 11.5 Å². The van der Waals surface area contributed by atoms with E-state index < -0.39 is 101 Å². The van der Waals surface area contributed by atoms with Crippen LogP contribution in [0, 0.1) is 42.4 Å². The first-order chi connectivity index (χ1) is 32.5. The molecule has 0 unspecified atom stereocenters. The van der Waals surface area contributed by atoms with Gasteiger partial charge in [0.15, 0.2) is 0 Å². The molecule has 1 aromatic carbocycles. The van der Waals surface area contributed by atoms with Crippen LogP contribution >= 0.6 is 0 Å². The highest BCUT2D eigenvalue weighted by Crippen LogP contribution is 2.50. The van der Waals surface area contributed by atoms with Crippen molar-refractivity contribution in [1.82, 2.24) is 20.6 Å². The quantitative estimate of drug-likeness (QED) is 0.0883. The van der Waals surface area contributed by atoms with Crippen molar-refractivity contribution in [1.29, 1.82) is 0 Å². The van der Waals surface area contributed by atoms with E-state index in [-0.39, 0.29) is 50.7 Å². The number of benzene rings is 1. The number of fused-ring (bicyclic) bond motifs is 3. The lowest BCUT2D eigenvalue weighted by atomic mass is 9.76. The summed E-state index contributed by atoms with van der Waals surface area (Å²) in [5.74, 6) is -9.12. The van der Waals surface area contributed by atoms with Gasteiger partial charge in [0, 0.05) is 99.3 Å². The number of likely N-dealkylation sites (tertiary alicyclic amines) is 1. The molecule has 6 rings (SSSR count). The fourth-order valence-corrected chi connectivity index (χ4v) is 10.0. The number of ketones is 2. The lowest BCUT2D eigenvalue weighted by Gasteiger charge is -2.38. The van der Waals surface area contributed by atoms with Gasteiger partial charge in [-0.2, -0.15) is 0 Å². The second-order valence-electron chi connectivity index (χ2n) is 20.0. The van der Waals surface area contributed by atoms with Crippen LogP contribution in [0.3, 0.4) is 0 Å². The molecule has 1 saturated heterocycles. The molecule has 4 heterocycles. The third-order valence-electron chi connectivity index (χ3n) is 14.1. The maximum atomic E-state index is 14.9. The van der Waals surface area contributed by atoms with Crippen molar-refractivity contribution in [2.75, 3.05) is 33.2 Å². The van der Waals surface area contributed by atoms with Crippen LogP contribution in [0.5, 0.6) is 11.5 Å². The predicted octanol–water partition coefficient (Wildman–Crippen LogP) is 5.57. The van der Waals surface area contributed by atoms with Crippen molar-refractivity contribution >= 4 is 35.1 Å². The minimum Gasteiger partial charge on any atom is -0.507 e. The number of aromatic hydroxyl groups is 1. The number of phenols is 1. The van der Waals surface area contributed by atoms with E-state index in [1.165, 1.54) is 31.2 Å². The first kappa shape index (κ1) is 52.7. The van der Waals surface area contributed by atoms with Gasteiger partial charge in [-0.15, -0.1) is 11.6 Å². The maximum Gasteiger partial charge on any atom is 0.336 e.